The molecule has 88 valence electrons. The normalized spacial score (nSPS) is 19.0. The third-order valence-electron chi connectivity index (χ3n) is 4.05. The molecule has 0 saturated heterocycles. The highest BCUT2D eigenvalue weighted by molar-refractivity contribution is 5.37. The highest BCUT2D eigenvalue weighted by atomic mass is 16.3. The number of aliphatic hydroxyl groups excluding tert-OH is 1. The molecule has 2 rings (SSSR count). The Kier molecular flexibility index (Phi) is 3.34. The minimum absolute atomic E-state index is 0.248. The van der Waals surface area contributed by atoms with E-state index in [2.05, 4.69) is 32.9 Å². The number of hydrogen-bond acceptors (Lipinski definition) is 1. The third-order valence-corrected chi connectivity index (χ3v) is 4.05. The summed E-state index contributed by atoms with van der Waals surface area (Å²) in [5.74, 6) is 0.487. The van der Waals surface area contributed by atoms with Crippen LogP contribution in [0, 0.1) is 26.7 Å². The minimum Gasteiger partial charge on any atom is -0.388 e. The van der Waals surface area contributed by atoms with Gasteiger partial charge >= 0.3 is 0 Å². The zero-order chi connectivity index (χ0) is 11.7. The molecule has 1 nitrogen and oxygen atoms in total. The monoisotopic (exact) mass is 218 g/mol. The van der Waals surface area contributed by atoms with Crippen LogP contribution in [0.15, 0.2) is 12.1 Å². The predicted octanol–water partition coefficient (Wildman–Crippen LogP) is 3.84. The van der Waals surface area contributed by atoms with Gasteiger partial charge in [0, 0.05) is 0 Å². The smallest absolute Gasteiger partial charge is 0.0820 e. The lowest BCUT2D eigenvalue weighted by atomic mass is 9.89. The van der Waals surface area contributed by atoms with Crippen LogP contribution in [0.5, 0.6) is 0 Å². The molecule has 1 heteroatoms. The molecule has 1 aliphatic rings. The zero-order valence-electron chi connectivity index (χ0n) is 10.6. The van der Waals surface area contributed by atoms with Crippen LogP contribution in [0.25, 0.3) is 0 Å². The van der Waals surface area contributed by atoms with Gasteiger partial charge in [-0.3, -0.25) is 0 Å². The maximum atomic E-state index is 10.4. The molecule has 1 fully saturated rings. The van der Waals surface area contributed by atoms with Gasteiger partial charge in [-0.2, -0.15) is 0 Å². The van der Waals surface area contributed by atoms with E-state index in [1.54, 1.807) is 0 Å². The van der Waals surface area contributed by atoms with Gasteiger partial charge in [-0.25, -0.2) is 0 Å². The second kappa shape index (κ2) is 4.58. The molecule has 1 aliphatic carbocycles. The first kappa shape index (κ1) is 11.7. The Labute approximate surface area is 98.5 Å². The van der Waals surface area contributed by atoms with Crippen molar-refractivity contribution in [1.29, 1.82) is 0 Å². The summed E-state index contributed by atoms with van der Waals surface area (Å²) < 4.78 is 0. The van der Waals surface area contributed by atoms with Crippen LogP contribution in [0.4, 0.5) is 0 Å². The van der Waals surface area contributed by atoms with Crippen LogP contribution < -0.4 is 0 Å². The molecule has 0 amide bonds. The Morgan fingerprint density at radius 1 is 1.00 bits per heavy atom. The first-order valence-electron chi connectivity index (χ1n) is 6.35. The van der Waals surface area contributed by atoms with Crippen molar-refractivity contribution in [2.45, 2.75) is 52.6 Å². The Morgan fingerprint density at radius 2 is 1.56 bits per heavy atom. The number of hydrogen-bond donors (Lipinski definition) is 1. The van der Waals surface area contributed by atoms with Crippen molar-refractivity contribution in [3.63, 3.8) is 0 Å². The molecule has 1 atom stereocenters. The van der Waals surface area contributed by atoms with Crippen molar-refractivity contribution in [3.05, 3.63) is 34.4 Å². The van der Waals surface area contributed by atoms with E-state index in [4.69, 9.17) is 0 Å². The maximum Gasteiger partial charge on any atom is 0.0820 e. The highest BCUT2D eigenvalue weighted by Crippen LogP contribution is 2.37. The summed E-state index contributed by atoms with van der Waals surface area (Å²) in [5.41, 5.74) is 5.00. The third kappa shape index (κ3) is 2.15. The van der Waals surface area contributed by atoms with E-state index in [1.165, 1.54) is 42.4 Å². The molecule has 16 heavy (non-hydrogen) atoms. The SMILES string of the molecule is Cc1cc(C)c(C(O)C2CCCC2)cc1C. The largest absolute Gasteiger partial charge is 0.388 e. The van der Waals surface area contributed by atoms with Crippen molar-refractivity contribution >= 4 is 0 Å². The molecule has 0 heterocycles. The van der Waals surface area contributed by atoms with Crippen LogP contribution in [0.1, 0.15) is 54.0 Å². The number of aliphatic hydroxyl groups is 1. The van der Waals surface area contributed by atoms with Gasteiger partial charge in [0.25, 0.3) is 0 Å². The molecule has 0 aromatic heterocycles. The van der Waals surface area contributed by atoms with E-state index in [0.29, 0.717) is 5.92 Å². The van der Waals surface area contributed by atoms with Gasteiger partial charge in [-0.1, -0.05) is 25.0 Å². The summed E-state index contributed by atoms with van der Waals surface area (Å²) in [6.45, 7) is 6.37. The van der Waals surface area contributed by atoms with Crippen LogP contribution in [-0.4, -0.2) is 5.11 Å². The average Bonchev–Trinajstić information content (AvgIpc) is 2.75. The fraction of sp³-hybridized carbons (Fsp3) is 0.600. The molecular formula is C15H22O. The first-order chi connectivity index (χ1) is 7.59. The maximum absolute atomic E-state index is 10.4. The summed E-state index contributed by atoms with van der Waals surface area (Å²) >= 11 is 0. The van der Waals surface area contributed by atoms with Gasteiger partial charge in [-0.05, 0) is 61.8 Å². The lowest BCUT2D eigenvalue weighted by molar-refractivity contribution is 0.111. The predicted molar refractivity (Wildman–Crippen MR) is 67.6 cm³/mol. The van der Waals surface area contributed by atoms with Gasteiger partial charge in [0.1, 0.15) is 0 Å². The molecule has 0 bridgehead atoms. The molecule has 0 aliphatic heterocycles. The Hall–Kier alpha value is -0.820. The molecule has 0 spiro atoms. The molecule has 0 radical (unpaired) electrons. The van der Waals surface area contributed by atoms with Crippen molar-refractivity contribution in [2.75, 3.05) is 0 Å². The Balaban J connectivity index is 2.28. The second-order valence-electron chi connectivity index (χ2n) is 5.28. The van der Waals surface area contributed by atoms with Crippen LogP contribution >= 0.6 is 0 Å². The molecule has 1 aromatic rings. The lowest BCUT2D eigenvalue weighted by Gasteiger charge is -2.21. The fourth-order valence-electron chi connectivity index (χ4n) is 2.83. The van der Waals surface area contributed by atoms with E-state index < -0.39 is 0 Å². The summed E-state index contributed by atoms with van der Waals surface area (Å²) in [6, 6.07) is 4.37. The van der Waals surface area contributed by atoms with Crippen molar-refractivity contribution < 1.29 is 5.11 Å². The van der Waals surface area contributed by atoms with E-state index >= 15 is 0 Å². The summed E-state index contributed by atoms with van der Waals surface area (Å²) in [4.78, 5) is 0. The number of benzene rings is 1. The van der Waals surface area contributed by atoms with E-state index in [9.17, 15) is 5.11 Å². The lowest BCUT2D eigenvalue weighted by Crippen LogP contribution is -2.11. The molecule has 1 unspecified atom stereocenters. The minimum atomic E-state index is -0.248. The van der Waals surface area contributed by atoms with Gasteiger partial charge in [0.15, 0.2) is 0 Å². The molecule has 1 N–H and O–H groups in total. The van der Waals surface area contributed by atoms with Crippen LogP contribution in [0.2, 0.25) is 0 Å². The summed E-state index contributed by atoms with van der Waals surface area (Å²) in [6.07, 6.45) is 4.69. The molecular weight excluding hydrogens is 196 g/mol. The molecule has 1 aromatic carbocycles. The topological polar surface area (TPSA) is 20.2 Å². The first-order valence-corrected chi connectivity index (χ1v) is 6.35. The van der Waals surface area contributed by atoms with Crippen molar-refractivity contribution in [1.82, 2.24) is 0 Å². The zero-order valence-corrected chi connectivity index (χ0v) is 10.6. The van der Waals surface area contributed by atoms with Gasteiger partial charge in [-0.15, -0.1) is 0 Å². The quantitative estimate of drug-likeness (QED) is 0.799. The Bertz CT molecular complexity index is 375. The number of aryl methyl sites for hydroxylation is 3. The van der Waals surface area contributed by atoms with Crippen LogP contribution in [-0.2, 0) is 0 Å². The van der Waals surface area contributed by atoms with E-state index in [1.807, 2.05) is 0 Å². The van der Waals surface area contributed by atoms with Crippen LogP contribution in [0.3, 0.4) is 0 Å². The highest BCUT2D eigenvalue weighted by Gasteiger charge is 2.25. The van der Waals surface area contributed by atoms with Gasteiger partial charge in [0.2, 0.25) is 0 Å². The average molecular weight is 218 g/mol. The van der Waals surface area contributed by atoms with Gasteiger partial charge in [0.05, 0.1) is 6.10 Å². The fourth-order valence-corrected chi connectivity index (χ4v) is 2.83. The summed E-state index contributed by atoms with van der Waals surface area (Å²) in [5, 5.41) is 10.4. The van der Waals surface area contributed by atoms with Gasteiger partial charge < -0.3 is 5.11 Å². The second-order valence-corrected chi connectivity index (χ2v) is 5.28. The standard InChI is InChI=1S/C15H22O/c1-10-8-12(3)14(9-11(10)2)15(16)13-6-4-5-7-13/h8-9,13,15-16H,4-7H2,1-3H3. The summed E-state index contributed by atoms with van der Waals surface area (Å²) in [7, 11) is 0. The van der Waals surface area contributed by atoms with E-state index in [-0.39, 0.29) is 6.10 Å². The van der Waals surface area contributed by atoms with Crippen molar-refractivity contribution in [3.8, 4) is 0 Å². The molecule has 1 saturated carbocycles. The van der Waals surface area contributed by atoms with Crippen molar-refractivity contribution in [2.24, 2.45) is 5.92 Å². The number of rotatable bonds is 2. The Morgan fingerprint density at radius 3 is 2.19 bits per heavy atom. The van der Waals surface area contributed by atoms with E-state index in [0.717, 1.165) is 5.56 Å².